The molecule has 3 aromatic heterocycles. The van der Waals surface area contributed by atoms with Crippen LogP contribution in [0.25, 0.3) is 15.9 Å². The minimum absolute atomic E-state index is 0.310. The molecule has 0 aliphatic rings. The number of hydrogen-bond donors (Lipinski definition) is 1. The van der Waals surface area contributed by atoms with Crippen LogP contribution in [0.15, 0.2) is 6.33 Å². The molecule has 5 nitrogen and oxygen atoms in total. The molecule has 0 amide bonds. The average molecular weight is 261 g/mol. The van der Waals surface area contributed by atoms with Gasteiger partial charge in [-0.3, -0.25) is 0 Å². The molecule has 0 aromatic carbocycles. The molecule has 18 heavy (non-hydrogen) atoms. The smallest absolute Gasteiger partial charge is 0.227 e. The van der Waals surface area contributed by atoms with E-state index in [-0.39, 0.29) is 0 Å². The van der Waals surface area contributed by atoms with E-state index in [1.807, 2.05) is 0 Å². The lowest BCUT2D eigenvalue weighted by molar-refractivity contribution is 0.841. The summed E-state index contributed by atoms with van der Waals surface area (Å²) in [5.74, 6) is 0.756. The summed E-state index contributed by atoms with van der Waals surface area (Å²) in [4.78, 5) is 11.3. The number of aromatic nitrogens is 4. The fraction of sp³-hybridized carbons (Fsp3) is 0.417. The van der Waals surface area contributed by atoms with Crippen LogP contribution in [0.2, 0.25) is 0 Å². The summed E-state index contributed by atoms with van der Waals surface area (Å²) in [6, 6.07) is 0.310. The Balaban J connectivity index is 2.39. The van der Waals surface area contributed by atoms with Crippen LogP contribution < -0.4 is 5.32 Å². The van der Waals surface area contributed by atoms with E-state index < -0.39 is 0 Å². The van der Waals surface area contributed by atoms with E-state index in [0.29, 0.717) is 6.04 Å². The largest absolute Gasteiger partial charge is 0.352 e. The zero-order valence-corrected chi connectivity index (χ0v) is 11.7. The summed E-state index contributed by atoms with van der Waals surface area (Å²) in [5, 5.41) is 8.68. The number of hydrogen-bond acceptors (Lipinski definition) is 5. The molecule has 0 bridgehead atoms. The topological polar surface area (TPSA) is 55.1 Å². The molecule has 0 saturated carbocycles. The van der Waals surface area contributed by atoms with Gasteiger partial charge in [-0.05, 0) is 33.3 Å². The first-order valence-corrected chi connectivity index (χ1v) is 6.75. The monoisotopic (exact) mass is 261 g/mol. The number of aryl methyl sites for hydroxylation is 2. The van der Waals surface area contributed by atoms with E-state index in [0.717, 1.165) is 21.8 Å². The molecule has 0 radical (unpaired) electrons. The Morgan fingerprint density at radius 2 is 2.11 bits per heavy atom. The van der Waals surface area contributed by atoms with Crippen molar-refractivity contribution in [1.82, 2.24) is 19.6 Å². The molecule has 94 valence electrons. The zero-order chi connectivity index (χ0) is 12.9. The predicted molar refractivity (Wildman–Crippen MR) is 74.4 cm³/mol. The van der Waals surface area contributed by atoms with Crippen molar-refractivity contribution in [3.8, 4) is 0 Å². The molecular formula is C12H15N5S. The summed E-state index contributed by atoms with van der Waals surface area (Å²) < 4.78 is 1.78. The van der Waals surface area contributed by atoms with Gasteiger partial charge in [-0.1, -0.05) is 0 Å². The Morgan fingerprint density at radius 1 is 1.33 bits per heavy atom. The molecule has 3 aromatic rings. The van der Waals surface area contributed by atoms with Crippen LogP contribution in [0.5, 0.6) is 0 Å². The van der Waals surface area contributed by atoms with Crippen LogP contribution in [0.3, 0.4) is 0 Å². The van der Waals surface area contributed by atoms with Gasteiger partial charge in [0.1, 0.15) is 11.2 Å². The van der Waals surface area contributed by atoms with E-state index in [1.54, 1.807) is 22.2 Å². The van der Waals surface area contributed by atoms with Crippen LogP contribution >= 0.6 is 11.3 Å². The Hall–Kier alpha value is -1.69. The van der Waals surface area contributed by atoms with Crippen LogP contribution in [0.4, 0.5) is 5.95 Å². The van der Waals surface area contributed by atoms with Crippen molar-refractivity contribution in [2.45, 2.75) is 33.7 Å². The predicted octanol–water partition coefficient (Wildman–Crippen LogP) is 2.78. The van der Waals surface area contributed by atoms with Crippen molar-refractivity contribution in [2.24, 2.45) is 0 Å². The van der Waals surface area contributed by atoms with Gasteiger partial charge < -0.3 is 5.32 Å². The third kappa shape index (κ3) is 1.56. The maximum Gasteiger partial charge on any atom is 0.227 e. The van der Waals surface area contributed by atoms with Gasteiger partial charge in [0.15, 0.2) is 5.65 Å². The number of rotatable bonds is 2. The quantitative estimate of drug-likeness (QED) is 0.770. The zero-order valence-electron chi connectivity index (χ0n) is 10.9. The van der Waals surface area contributed by atoms with Crippen LogP contribution in [-0.4, -0.2) is 25.6 Å². The van der Waals surface area contributed by atoms with E-state index in [4.69, 9.17) is 0 Å². The summed E-state index contributed by atoms with van der Waals surface area (Å²) in [5.41, 5.74) is 2.13. The van der Waals surface area contributed by atoms with Gasteiger partial charge in [0.25, 0.3) is 0 Å². The fourth-order valence-corrected chi connectivity index (χ4v) is 3.04. The summed E-state index contributed by atoms with van der Waals surface area (Å²) in [6.45, 7) is 8.39. The number of thiophene rings is 1. The normalized spacial score (nSPS) is 11.8. The third-order valence-electron chi connectivity index (χ3n) is 2.96. The molecule has 3 rings (SSSR count). The van der Waals surface area contributed by atoms with Crippen LogP contribution in [-0.2, 0) is 0 Å². The first-order valence-electron chi connectivity index (χ1n) is 5.94. The molecule has 0 saturated heterocycles. The molecule has 0 spiro atoms. The van der Waals surface area contributed by atoms with E-state index in [9.17, 15) is 0 Å². The highest BCUT2D eigenvalue weighted by atomic mass is 32.1. The molecule has 0 aliphatic heterocycles. The van der Waals surface area contributed by atoms with Crippen LogP contribution in [0, 0.1) is 13.8 Å². The second-order valence-electron chi connectivity index (χ2n) is 4.69. The Bertz CT molecular complexity index is 725. The molecular weight excluding hydrogens is 246 g/mol. The number of fused-ring (bicyclic) bond motifs is 3. The summed E-state index contributed by atoms with van der Waals surface area (Å²) in [7, 11) is 0. The Labute approximate surface area is 109 Å². The first-order chi connectivity index (χ1) is 8.58. The SMILES string of the molecule is Cc1sc2nc(NC(C)C)n3ncnc3c2c1C. The number of nitrogens with zero attached hydrogens (tertiary/aromatic N) is 4. The van der Waals surface area contributed by atoms with Gasteiger partial charge in [0.05, 0.1) is 5.39 Å². The average Bonchev–Trinajstić information content (AvgIpc) is 2.85. The van der Waals surface area contributed by atoms with Crippen molar-refractivity contribution in [2.75, 3.05) is 5.32 Å². The lowest BCUT2D eigenvalue weighted by atomic mass is 10.2. The maximum atomic E-state index is 4.67. The highest BCUT2D eigenvalue weighted by molar-refractivity contribution is 7.18. The first kappa shape index (κ1) is 11.4. The van der Waals surface area contributed by atoms with Crippen molar-refractivity contribution in [1.29, 1.82) is 0 Å². The highest BCUT2D eigenvalue weighted by Crippen LogP contribution is 2.32. The van der Waals surface area contributed by atoms with Gasteiger partial charge in [0, 0.05) is 10.9 Å². The standard InChI is InChI=1S/C12H15N5S/c1-6(2)15-12-16-11-9(7(3)8(4)18-11)10-13-5-14-17(10)12/h5-6H,1-4H3,(H,15,16). The molecule has 1 N–H and O–H groups in total. The Kier molecular flexibility index (Phi) is 2.48. The van der Waals surface area contributed by atoms with E-state index in [2.05, 4.69) is 48.1 Å². The molecule has 0 fully saturated rings. The van der Waals surface area contributed by atoms with Crippen molar-refractivity contribution in [3.63, 3.8) is 0 Å². The van der Waals surface area contributed by atoms with Gasteiger partial charge in [-0.2, -0.15) is 9.61 Å². The van der Waals surface area contributed by atoms with Crippen molar-refractivity contribution in [3.05, 3.63) is 16.8 Å². The number of anilines is 1. The minimum Gasteiger partial charge on any atom is -0.352 e. The van der Waals surface area contributed by atoms with E-state index in [1.165, 1.54) is 10.4 Å². The molecule has 3 heterocycles. The maximum absolute atomic E-state index is 4.67. The van der Waals surface area contributed by atoms with Gasteiger partial charge in [0.2, 0.25) is 5.95 Å². The van der Waals surface area contributed by atoms with Crippen molar-refractivity contribution < 1.29 is 0 Å². The second kappa shape index (κ2) is 3.91. The molecule has 6 heteroatoms. The third-order valence-corrected chi connectivity index (χ3v) is 4.07. The Morgan fingerprint density at radius 3 is 2.83 bits per heavy atom. The van der Waals surface area contributed by atoms with Crippen LogP contribution in [0.1, 0.15) is 24.3 Å². The lowest BCUT2D eigenvalue weighted by Gasteiger charge is -2.10. The summed E-state index contributed by atoms with van der Waals surface area (Å²) >= 11 is 1.71. The lowest BCUT2D eigenvalue weighted by Crippen LogP contribution is -2.14. The van der Waals surface area contributed by atoms with Gasteiger partial charge >= 0.3 is 0 Å². The van der Waals surface area contributed by atoms with Gasteiger partial charge in [-0.15, -0.1) is 11.3 Å². The van der Waals surface area contributed by atoms with E-state index >= 15 is 0 Å². The number of nitrogens with one attached hydrogen (secondary N) is 1. The molecule has 0 unspecified atom stereocenters. The van der Waals surface area contributed by atoms with Crippen molar-refractivity contribution >= 4 is 33.1 Å². The summed E-state index contributed by atoms with van der Waals surface area (Å²) in [6.07, 6.45) is 1.58. The van der Waals surface area contributed by atoms with Gasteiger partial charge in [-0.25, -0.2) is 9.97 Å². The molecule has 0 aliphatic carbocycles. The highest BCUT2D eigenvalue weighted by Gasteiger charge is 2.15. The second-order valence-corrected chi connectivity index (χ2v) is 5.90. The molecule has 0 atom stereocenters. The fourth-order valence-electron chi connectivity index (χ4n) is 2.01. The minimum atomic E-state index is 0.310.